The Morgan fingerprint density at radius 3 is 2.45 bits per heavy atom. The maximum absolute atomic E-state index is 12.8. The van der Waals surface area contributed by atoms with Crippen LogP contribution in [0.3, 0.4) is 0 Å². The van der Waals surface area contributed by atoms with E-state index in [1.807, 2.05) is 0 Å². The molecule has 1 amide bonds. The van der Waals surface area contributed by atoms with E-state index in [1.165, 1.54) is 19.3 Å². The van der Waals surface area contributed by atoms with Gasteiger partial charge < -0.3 is 9.80 Å². The molecule has 4 rings (SSSR count). The highest BCUT2D eigenvalue weighted by Gasteiger charge is 2.41. The van der Waals surface area contributed by atoms with Crippen molar-refractivity contribution >= 4 is 27.8 Å². The molecule has 1 aliphatic carbocycles. The average Bonchev–Trinajstić information content (AvgIpc) is 3.22. The van der Waals surface area contributed by atoms with Gasteiger partial charge in [0.05, 0.1) is 10.4 Å². The summed E-state index contributed by atoms with van der Waals surface area (Å²) >= 11 is 3.35. The third kappa shape index (κ3) is 2.62. The monoisotopic (exact) mass is 364 g/mol. The number of carbonyl (C=O) groups excluding carboxylic acids is 1. The van der Waals surface area contributed by atoms with Crippen LogP contribution < -0.4 is 4.90 Å². The minimum Gasteiger partial charge on any atom is -0.342 e. The number of aromatic nitrogens is 2. The molecule has 0 aromatic carbocycles. The molecule has 0 N–H and O–H groups in total. The first-order valence-electron chi connectivity index (χ1n) is 8.22. The smallest absolute Gasteiger partial charge is 0.227 e. The second kappa shape index (κ2) is 5.80. The quantitative estimate of drug-likeness (QED) is 0.807. The van der Waals surface area contributed by atoms with Crippen LogP contribution in [0.1, 0.15) is 25.7 Å². The Labute approximate surface area is 139 Å². The van der Waals surface area contributed by atoms with E-state index in [0.717, 1.165) is 54.9 Å². The molecule has 0 bridgehead atoms. The van der Waals surface area contributed by atoms with Gasteiger partial charge in [0.2, 0.25) is 11.9 Å². The number of halogens is 1. The molecule has 3 heterocycles. The molecule has 3 unspecified atom stereocenters. The lowest BCUT2D eigenvalue weighted by molar-refractivity contribution is -0.134. The largest absolute Gasteiger partial charge is 0.342 e. The molecule has 5 nitrogen and oxygen atoms in total. The molecule has 3 atom stereocenters. The summed E-state index contributed by atoms with van der Waals surface area (Å²) < 4.78 is 0.881. The molecule has 0 radical (unpaired) electrons. The number of anilines is 1. The summed E-state index contributed by atoms with van der Waals surface area (Å²) in [5, 5.41) is 0. The lowest BCUT2D eigenvalue weighted by Gasteiger charge is -2.22. The Hall–Kier alpha value is -1.17. The Bertz CT molecular complexity index is 552. The van der Waals surface area contributed by atoms with Crippen LogP contribution in [0.15, 0.2) is 16.9 Å². The summed E-state index contributed by atoms with van der Waals surface area (Å²) in [5.74, 6) is 2.75. The van der Waals surface area contributed by atoms with Gasteiger partial charge in [-0.2, -0.15) is 0 Å². The van der Waals surface area contributed by atoms with Crippen LogP contribution in [0, 0.1) is 17.8 Å². The van der Waals surface area contributed by atoms with Crippen LogP contribution >= 0.6 is 15.9 Å². The zero-order chi connectivity index (χ0) is 15.1. The second-order valence-corrected chi connectivity index (χ2v) is 7.74. The highest BCUT2D eigenvalue weighted by molar-refractivity contribution is 9.10. The molecule has 1 aromatic heterocycles. The van der Waals surface area contributed by atoms with Crippen LogP contribution in [-0.4, -0.2) is 47.0 Å². The van der Waals surface area contributed by atoms with Crippen LogP contribution in [0.25, 0.3) is 0 Å². The van der Waals surface area contributed by atoms with E-state index >= 15 is 0 Å². The molecule has 2 aliphatic heterocycles. The number of rotatable bonds is 2. The zero-order valence-corrected chi connectivity index (χ0v) is 14.2. The summed E-state index contributed by atoms with van der Waals surface area (Å²) in [6.45, 7) is 3.62. The topological polar surface area (TPSA) is 49.3 Å². The first-order chi connectivity index (χ1) is 10.7. The number of hydrogen-bond acceptors (Lipinski definition) is 4. The molecule has 6 heteroatoms. The number of nitrogens with zero attached hydrogens (tertiary/aromatic N) is 4. The fourth-order valence-corrected chi connectivity index (χ4v) is 4.49. The molecule has 3 aliphatic rings. The van der Waals surface area contributed by atoms with E-state index in [2.05, 4.69) is 35.7 Å². The number of fused-ring (bicyclic) bond motifs is 1. The van der Waals surface area contributed by atoms with E-state index in [-0.39, 0.29) is 5.92 Å². The Morgan fingerprint density at radius 1 is 1.09 bits per heavy atom. The van der Waals surface area contributed by atoms with Gasteiger partial charge in [0.15, 0.2) is 0 Å². The molecule has 1 aromatic rings. The molecule has 0 spiro atoms. The molecule has 22 heavy (non-hydrogen) atoms. The van der Waals surface area contributed by atoms with Crippen LogP contribution in [-0.2, 0) is 4.79 Å². The summed E-state index contributed by atoms with van der Waals surface area (Å²) in [7, 11) is 0. The molecular formula is C16H21BrN4O. The normalized spacial score (nSPS) is 30.9. The van der Waals surface area contributed by atoms with E-state index in [4.69, 9.17) is 0 Å². The Balaban J connectivity index is 1.38. The average molecular weight is 365 g/mol. The van der Waals surface area contributed by atoms with E-state index < -0.39 is 0 Å². The predicted octanol–water partition coefficient (Wildman–Crippen LogP) is 2.32. The van der Waals surface area contributed by atoms with Crippen molar-refractivity contribution in [3.05, 3.63) is 16.9 Å². The Kier molecular flexibility index (Phi) is 3.80. The maximum Gasteiger partial charge on any atom is 0.227 e. The van der Waals surface area contributed by atoms with Gasteiger partial charge in [-0.05, 0) is 47.0 Å². The standard InChI is InChI=1S/C16H21BrN4O/c17-14-6-18-16(19-7-14)20-5-4-13(10-20)15(22)21-8-11-2-1-3-12(11)9-21/h6-7,11-13H,1-5,8-10H2. The van der Waals surface area contributed by atoms with Gasteiger partial charge in [-0.1, -0.05) is 6.42 Å². The van der Waals surface area contributed by atoms with Crippen LogP contribution in [0.5, 0.6) is 0 Å². The number of hydrogen-bond donors (Lipinski definition) is 0. The highest BCUT2D eigenvalue weighted by atomic mass is 79.9. The van der Waals surface area contributed by atoms with E-state index in [0.29, 0.717) is 5.91 Å². The van der Waals surface area contributed by atoms with Gasteiger partial charge in [0.25, 0.3) is 0 Å². The van der Waals surface area contributed by atoms with Crippen molar-refractivity contribution in [2.24, 2.45) is 17.8 Å². The van der Waals surface area contributed by atoms with Crippen molar-refractivity contribution in [3.8, 4) is 0 Å². The molecule has 3 fully saturated rings. The zero-order valence-electron chi connectivity index (χ0n) is 12.6. The molecular weight excluding hydrogens is 344 g/mol. The van der Waals surface area contributed by atoms with E-state index in [9.17, 15) is 4.79 Å². The van der Waals surface area contributed by atoms with Gasteiger partial charge in [0, 0.05) is 38.6 Å². The van der Waals surface area contributed by atoms with Crippen molar-refractivity contribution in [3.63, 3.8) is 0 Å². The first-order valence-corrected chi connectivity index (χ1v) is 9.01. The van der Waals surface area contributed by atoms with Gasteiger partial charge >= 0.3 is 0 Å². The summed E-state index contributed by atoms with van der Waals surface area (Å²) in [5.41, 5.74) is 0. The number of likely N-dealkylation sites (tertiary alicyclic amines) is 1. The fraction of sp³-hybridized carbons (Fsp3) is 0.688. The molecule has 118 valence electrons. The third-order valence-electron chi connectivity index (χ3n) is 5.46. The minimum atomic E-state index is 0.117. The Morgan fingerprint density at radius 2 is 1.77 bits per heavy atom. The summed E-state index contributed by atoms with van der Waals surface area (Å²) in [6, 6.07) is 0. The van der Waals surface area contributed by atoms with Gasteiger partial charge in [-0.15, -0.1) is 0 Å². The second-order valence-electron chi connectivity index (χ2n) is 6.83. The number of amides is 1. The van der Waals surface area contributed by atoms with Gasteiger partial charge in [0.1, 0.15) is 0 Å². The summed E-state index contributed by atoms with van der Waals surface area (Å²) in [6.07, 6.45) is 8.44. The highest BCUT2D eigenvalue weighted by Crippen LogP contribution is 2.38. The summed E-state index contributed by atoms with van der Waals surface area (Å²) in [4.78, 5) is 25.7. The minimum absolute atomic E-state index is 0.117. The predicted molar refractivity (Wildman–Crippen MR) is 87.5 cm³/mol. The molecule has 2 saturated heterocycles. The van der Waals surface area contributed by atoms with Crippen molar-refractivity contribution < 1.29 is 4.79 Å². The maximum atomic E-state index is 12.8. The lowest BCUT2D eigenvalue weighted by Crippen LogP contribution is -2.36. The first kappa shape index (κ1) is 14.4. The SMILES string of the molecule is O=C(C1CCN(c2ncc(Br)cn2)C1)N1CC2CCCC2C1. The van der Waals surface area contributed by atoms with Gasteiger partial charge in [-0.3, -0.25) is 4.79 Å². The van der Waals surface area contributed by atoms with Crippen molar-refractivity contribution in [1.29, 1.82) is 0 Å². The van der Waals surface area contributed by atoms with Crippen LogP contribution in [0.4, 0.5) is 5.95 Å². The van der Waals surface area contributed by atoms with Crippen molar-refractivity contribution in [1.82, 2.24) is 14.9 Å². The third-order valence-corrected chi connectivity index (χ3v) is 5.87. The molecule has 1 saturated carbocycles. The van der Waals surface area contributed by atoms with Crippen LogP contribution in [0.2, 0.25) is 0 Å². The number of carbonyl (C=O) groups is 1. The fourth-order valence-electron chi connectivity index (χ4n) is 4.29. The van der Waals surface area contributed by atoms with Crippen molar-refractivity contribution in [2.45, 2.75) is 25.7 Å². The lowest BCUT2D eigenvalue weighted by atomic mass is 10.0. The van der Waals surface area contributed by atoms with E-state index in [1.54, 1.807) is 12.4 Å². The van der Waals surface area contributed by atoms with Gasteiger partial charge in [-0.25, -0.2) is 9.97 Å². The van der Waals surface area contributed by atoms with Crippen molar-refractivity contribution in [2.75, 3.05) is 31.1 Å².